The number of nitrogens with one attached hydrogen (secondary N) is 1. The van der Waals surface area contributed by atoms with E-state index in [1.807, 2.05) is 26.2 Å². The Balaban J connectivity index is 1.76. The van der Waals surface area contributed by atoms with Crippen LogP contribution in [-0.4, -0.2) is 30.1 Å². The molecule has 0 bridgehead atoms. The average Bonchev–Trinajstić information content (AvgIpc) is 2.56. The first kappa shape index (κ1) is 16.0. The summed E-state index contributed by atoms with van der Waals surface area (Å²) in [5.74, 6) is 2.68. The van der Waals surface area contributed by atoms with Crippen LogP contribution < -0.4 is 10.2 Å². The minimum atomic E-state index is 0.513. The summed E-state index contributed by atoms with van der Waals surface area (Å²) in [5.41, 5.74) is 1.01. The second-order valence-electron chi connectivity index (χ2n) is 6.93. The summed E-state index contributed by atoms with van der Waals surface area (Å²) in [6.07, 6.45) is 7.82. The molecule has 1 aromatic heterocycles. The summed E-state index contributed by atoms with van der Waals surface area (Å²) in [6, 6.07) is 8.74. The average molecular weight is 312 g/mol. The van der Waals surface area contributed by atoms with Crippen LogP contribution in [0.15, 0.2) is 24.3 Å². The molecular weight excluding hydrogens is 284 g/mol. The maximum absolute atomic E-state index is 4.75. The summed E-state index contributed by atoms with van der Waals surface area (Å²) >= 11 is 0. The largest absolute Gasteiger partial charge is 0.362 e. The van der Waals surface area contributed by atoms with Crippen LogP contribution in [0.3, 0.4) is 0 Å². The van der Waals surface area contributed by atoms with Gasteiger partial charge in [-0.25, -0.2) is 4.98 Å². The maximum atomic E-state index is 4.75. The van der Waals surface area contributed by atoms with Gasteiger partial charge in [0.1, 0.15) is 5.82 Å². The van der Waals surface area contributed by atoms with Crippen molar-refractivity contribution in [3.8, 4) is 0 Å². The van der Waals surface area contributed by atoms with Crippen molar-refractivity contribution in [1.82, 2.24) is 9.97 Å². The van der Waals surface area contributed by atoms with Gasteiger partial charge in [0.25, 0.3) is 0 Å². The predicted octanol–water partition coefficient (Wildman–Crippen LogP) is 4.47. The van der Waals surface area contributed by atoms with Gasteiger partial charge in [0.15, 0.2) is 0 Å². The normalized spacial score (nSPS) is 21.3. The number of rotatable bonds is 5. The minimum Gasteiger partial charge on any atom is -0.362 e. The molecule has 4 heteroatoms. The number of benzene rings is 1. The second-order valence-corrected chi connectivity index (χ2v) is 6.93. The van der Waals surface area contributed by atoms with Gasteiger partial charge in [0.05, 0.1) is 5.52 Å². The number of anilines is 2. The lowest BCUT2D eigenvalue weighted by Gasteiger charge is -2.29. The molecule has 3 rings (SSSR count). The van der Waals surface area contributed by atoms with Gasteiger partial charge in [-0.1, -0.05) is 31.9 Å². The first-order valence-electron chi connectivity index (χ1n) is 8.88. The Hall–Kier alpha value is -1.84. The highest BCUT2D eigenvalue weighted by Gasteiger charge is 2.21. The molecule has 2 aromatic rings. The molecule has 0 unspecified atom stereocenters. The van der Waals surface area contributed by atoms with Crippen LogP contribution in [0.4, 0.5) is 11.8 Å². The van der Waals surface area contributed by atoms with E-state index in [4.69, 9.17) is 9.97 Å². The molecule has 23 heavy (non-hydrogen) atoms. The number of hydrogen-bond acceptors (Lipinski definition) is 4. The molecule has 0 saturated heterocycles. The van der Waals surface area contributed by atoms with E-state index in [1.54, 1.807) is 0 Å². The van der Waals surface area contributed by atoms with Gasteiger partial charge in [0.2, 0.25) is 5.95 Å². The van der Waals surface area contributed by atoms with E-state index in [9.17, 15) is 0 Å². The van der Waals surface area contributed by atoms with E-state index in [1.165, 1.54) is 38.5 Å². The van der Waals surface area contributed by atoms with E-state index in [-0.39, 0.29) is 0 Å². The third-order valence-electron chi connectivity index (χ3n) is 4.88. The second kappa shape index (κ2) is 7.16. The van der Waals surface area contributed by atoms with Gasteiger partial charge in [-0.3, -0.25) is 0 Å². The molecule has 1 N–H and O–H groups in total. The number of nitrogens with zero attached hydrogens (tertiary/aromatic N) is 3. The van der Waals surface area contributed by atoms with Gasteiger partial charge < -0.3 is 10.2 Å². The molecule has 0 atom stereocenters. The number of fused-ring (bicyclic) bond motifs is 1. The van der Waals surface area contributed by atoms with Crippen LogP contribution in [0.2, 0.25) is 0 Å². The number of aromatic nitrogens is 2. The molecular formula is C19H28N4. The standard InChI is InChI=1S/C19H28N4/c1-4-7-14-10-12-15(13-11-14)20-19-21-17-9-6-5-8-16(17)18(22-19)23(2)3/h5-6,8-9,14-15H,4,7,10-13H2,1-3H3,(H,20,21,22). The smallest absolute Gasteiger partial charge is 0.225 e. The SMILES string of the molecule is CCCC1CCC(Nc2nc(N(C)C)c3ccccc3n2)CC1. The zero-order valence-electron chi connectivity index (χ0n) is 14.5. The van der Waals surface area contributed by atoms with Gasteiger partial charge >= 0.3 is 0 Å². The van der Waals surface area contributed by atoms with Crippen LogP contribution in [0.5, 0.6) is 0 Å². The Kier molecular flexibility index (Phi) is 4.99. The van der Waals surface area contributed by atoms with Crippen LogP contribution >= 0.6 is 0 Å². The van der Waals surface area contributed by atoms with Crippen molar-refractivity contribution in [3.63, 3.8) is 0 Å². The lowest BCUT2D eigenvalue weighted by Crippen LogP contribution is -2.27. The molecule has 124 valence electrons. The maximum Gasteiger partial charge on any atom is 0.225 e. The molecule has 0 amide bonds. The molecule has 1 aromatic carbocycles. The van der Waals surface area contributed by atoms with E-state index in [0.29, 0.717) is 6.04 Å². The zero-order chi connectivity index (χ0) is 16.2. The summed E-state index contributed by atoms with van der Waals surface area (Å²) in [7, 11) is 4.07. The van der Waals surface area contributed by atoms with Crippen molar-refractivity contribution in [3.05, 3.63) is 24.3 Å². The topological polar surface area (TPSA) is 41.1 Å². The quantitative estimate of drug-likeness (QED) is 0.884. The third-order valence-corrected chi connectivity index (χ3v) is 4.88. The summed E-state index contributed by atoms with van der Waals surface area (Å²) < 4.78 is 0. The molecule has 1 aliphatic rings. The van der Waals surface area contributed by atoms with Gasteiger partial charge in [0, 0.05) is 25.5 Å². The molecule has 1 saturated carbocycles. The van der Waals surface area contributed by atoms with Gasteiger partial charge in [-0.2, -0.15) is 4.98 Å². The Morgan fingerprint density at radius 3 is 2.52 bits per heavy atom. The van der Waals surface area contributed by atoms with E-state index in [0.717, 1.165) is 28.6 Å². The van der Waals surface area contributed by atoms with E-state index >= 15 is 0 Å². The van der Waals surface area contributed by atoms with Crippen molar-refractivity contribution >= 4 is 22.7 Å². The first-order chi connectivity index (χ1) is 11.2. The minimum absolute atomic E-state index is 0.513. The van der Waals surface area contributed by atoms with E-state index < -0.39 is 0 Å². The third kappa shape index (κ3) is 3.74. The van der Waals surface area contributed by atoms with Crippen molar-refractivity contribution in [2.45, 2.75) is 51.5 Å². The molecule has 0 radical (unpaired) electrons. The summed E-state index contributed by atoms with van der Waals surface area (Å²) in [5, 5.41) is 4.69. The molecule has 0 spiro atoms. The predicted molar refractivity (Wildman–Crippen MR) is 98.1 cm³/mol. The zero-order valence-corrected chi connectivity index (χ0v) is 14.5. The lowest BCUT2D eigenvalue weighted by molar-refractivity contribution is 0.318. The highest BCUT2D eigenvalue weighted by Crippen LogP contribution is 2.30. The van der Waals surface area contributed by atoms with Gasteiger partial charge in [-0.15, -0.1) is 0 Å². The lowest BCUT2D eigenvalue weighted by atomic mass is 9.83. The van der Waals surface area contributed by atoms with E-state index in [2.05, 4.69) is 29.3 Å². The Bertz CT molecular complexity index is 645. The summed E-state index contributed by atoms with van der Waals surface area (Å²) in [4.78, 5) is 11.5. The highest BCUT2D eigenvalue weighted by molar-refractivity contribution is 5.90. The first-order valence-corrected chi connectivity index (χ1v) is 8.88. The van der Waals surface area contributed by atoms with Crippen molar-refractivity contribution < 1.29 is 0 Å². The molecule has 1 heterocycles. The Morgan fingerprint density at radius 1 is 1.09 bits per heavy atom. The fraction of sp³-hybridized carbons (Fsp3) is 0.579. The monoisotopic (exact) mass is 312 g/mol. The molecule has 4 nitrogen and oxygen atoms in total. The molecule has 1 fully saturated rings. The fourth-order valence-corrected chi connectivity index (χ4v) is 3.65. The molecule has 1 aliphatic carbocycles. The van der Waals surface area contributed by atoms with Crippen LogP contribution in [0, 0.1) is 5.92 Å². The molecule has 0 aliphatic heterocycles. The highest BCUT2D eigenvalue weighted by atomic mass is 15.2. The van der Waals surface area contributed by atoms with Crippen molar-refractivity contribution in [2.24, 2.45) is 5.92 Å². The van der Waals surface area contributed by atoms with Crippen LogP contribution in [-0.2, 0) is 0 Å². The van der Waals surface area contributed by atoms with Crippen molar-refractivity contribution in [1.29, 1.82) is 0 Å². The number of hydrogen-bond donors (Lipinski definition) is 1. The fourth-order valence-electron chi connectivity index (χ4n) is 3.65. The number of para-hydroxylation sites is 1. The van der Waals surface area contributed by atoms with Gasteiger partial charge in [-0.05, 0) is 43.7 Å². The van der Waals surface area contributed by atoms with Crippen molar-refractivity contribution in [2.75, 3.05) is 24.3 Å². The summed E-state index contributed by atoms with van der Waals surface area (Å²) in [6.45, 7) is 2.29. The Morgan fingerprint density at radius 2 is 1.83 bits per heavy atom. The Labute approximate surface area is 139 Å². The van der Waals surface area contributed by atoms with Crippen LogP contribution in [0.25, 0.3) is 10.9 Å². The van der Waals surface area contributed by atoms with Crippen LogP contribution in [0.1, 0.15) is 45.4 Å².